The number of amides is 1. The van der Waals surface area contributed by atoms with Gasteiger partial charge in [-0.1, -0.05) is 17.7 Å². The predicted octanol–water partition coefficient (Wildman–Crippen LogP) is 4.09. The van der Waals surface area contributed by atoms with Crippen molar-refractivity contribution in [3.8, 4) is 0 Å². The number of nitrogen functional groups attached to an aromatic ring is 1. The molecule has 1 aromatic carbocycles. The first-order chi connectivity index (χ1) is 10.1. The van der Waals surface area contributed by atoms with E-state index in [1.807, 2.05) is 19.1 Å². The van der Waals surface area contributed by atoms with E-state index >= 15 is 0 Å². The van der Waals surface area contributed by atoms with E-state index in [2.05, 4.69) is 10.3 Å². The van der Waals surface area contributed by atoms with Crippen LogP contribution in [0, 0.1) is 6.92 Å². The van der Waals surface area contributed by atoms with Crippen LogP contribution >= 0.6 is 22.9 Å². The van der Waals surface area contributed by atoms with Gasteiger partial charge >= 0.3 is 0 Å². The Hall–Kier alpha value is -2.11. The summed E-state index contributed by atoms with van der Waals surface area (Å²) in [6.45, 7) is 1.85. The normalized spacial score (nSPS) is 10.8. The van der Waals surface area contributed by atoms with E-state index in [0.717, 1.165) is 10.3 Å². The van der Waals surface area contributed by atoms with Gasteiger partial charge in [-0.25, -0.2) is 0 Å². The molecule has 0 fully saturated rings. The van der Waals surface area contributed by atoms with Crippen molar-refractivity contribution in [1.82, 2.24) is 4.98 Å². The van der Waals surface area contributed by atoms with Crippen LogP contribution in [-0.2, 0) is 0 Å². The Labute approximate surface area is 130 Å². The smallest absolute Gasteiger partial charge is 0.267 e. The average molecular weight is 318 g/mol. The summed E-state index contributed by atoms with van der Waals surface area (Å²) < 4.78 is 0.892. The number of aromatic nitrogens is 1. The van der Waals surface area contributed by atoms with Crippen molar-refractivity contribution in [2.24, 2.45) is 0 Å². The summed E-state index contributed by atoms with van der Waals surface area (Å²) in [5.41, 5.74) is 8.60. The fourth-order valence-corrected chi connectivity index (χ4v) is 3.19. The molecule has 2 heterocycles. The van der Waals surface area contributed by atoms with E-state index in [9.17, 15) is 4.79 Å². The molecule has 3 aromatic rings. The molecule has 106 valence electrons. The number of fused-ring (bicyclic) bond motifs is 1. The lowest BCUT2D eigenvalue weighted by atomic mass is 10.2. The van der Waals surface area contributed by atoms with Gasteiger partial charge in [-0.3, -0.25) is 9.78 Å². The molecule has 0 aliphatic heterocycles. The molecule has 3 rings (SSSR count). The van der Waals surface area contributed by atoms with Gasteiger partial charge in [-0.15, -0.1) is 11.3 Å². The van der Waals surface area contributed by atoms with Crippen molar-refractivity contribution in [3.63, 3.8) is 0 Å². The Morgan fingerprint density at radius 2 is 2.14 bits per heavy atom. The molecular formula is C15H12ClN3OS. The van der Waals surface area contributed by atoms with Gasteiger partial charge in [-0.05, 0) is 36.8 Å². The molecule has 0 saturated heterocycles. The predicted molar refractivity (Wildman–Crippen MR) is 88.2 cm³/mol. The highest BCUT2D eigenvalue weighted by Crippen LogP contribution is 2.33. The molecule has 1 amide bonds. The lowest BCUT2D eigenvalue weighted by Crippen LogP contribution is -2.12. The van der Waals surface area contributed by atoms with E-state index < -0.39 is 0 Å². The van der Waals surface area contributed by atoms with E-state index in [4.69, 9.17) is 17.3 Å². The maximum absolute atomic E-state index is 12.4. The highest BCUT2D eigenvalue weighted by molar-refractivity contribution is 7.21. The first-order valence-corrected chi connectivity index (χ1v) is 7.47. The Kier molecular flexibility index (Phi) is 3.53. The van der Waals surface area contributed by atoms with E-state index in [0.29, 0.717) is 26.8 Å². The molecule has 2 aromatic heterocycles. The van der Waals surface area contributed by atoms with Gasteiger partial charge in [-0.2, -0.15) is 0 Å². The van der Waals surface area contributed by atoms with Crippen LogP contribution in [0.1, 0.15) is 15.2 Å². The van der Waals surface area contributed by atoms with Gasteiger partial charge in [0, 0.05) is 16.9 Å². The lowest BCUT2D eigenvalue weighted by Gasteiger charge is -2.08. The van der Waals surface area contributed by atoms with Crippen molar-refractivity contribution >= 4 is 50.4 Å². The third kappa shape index (κ3) is 2.46. The van der Waals surface area contributed by atoms with Crippen LogP contribution in [0.3, 0.4) is 0 Å². The van der Waals surface area contributed by atoms with Crippen LogP contribution in [0.5, 0.6) is 0 Å². The van der Waals surface area contributed by atoms with Crippen LogP contribution in [0.25, 0.3) is 10.2 Å². The second-order valence-corrected chi connectivity index (χ2v) is 6.02. The third-order valence-electron chi connectivity index (χ3n) is 3.20. The van der Waals surface area contributed by atoms with Gasteiger partial charge in [0.2, 0.25) is 0 Å². The Balaban J connectivity index is 1.97. The molecule has 3 N–H and O–H groups in total. The first-order valence-electron chi connectivity index (χ1n) is 6.27. The number of halogens is 1. The van der Waals surface area contributed by atoms with Gasteiger partial charge < -0.3 is 11.1 Å². The fraction of sp³-hybridized carbons (Fsp3) is 0.0667. The quantitative estimate of drug-likeness (QED) is 0.748. The van der Waals surface area contributed by atoms with Gasteiger partial charge in [0.25, 0.3) is 5.91 Å². The van der Waals surface area contributed by atoms with Crippen LogP contribution in [-0.4, -0.2) is 10.9 Å². The molecular weight excluding hydrogens is 306 g/mol. The van der Waals surface area contributed by atoms with Crippen LogP contribution < -0.4 is 11.1 Å². The monoisotopic (exact) mass is 317 g/mol. The number of hydrogen-bond donors (Lipinski definition) is 2. The molecule has 0 aliphatic carbocycles. The number of rotatable bonds is 2. The molecule has 0 bridgehead atoms. The highest BCUT2D eigenvalue weighted by atomic mass is 35.5. The van der Waals surface area contributed by atoms with E-state index in [1.54, 1.807) is 24.4 Å². The molecule has 0 radical (unpaired) electrons. The second kappa shape index (κ2) is 5.35. The fourth-order valence-electron chi connectivity index (χ4n) is 2.04. The summed E-state index contributed by atoms with van der Waals surface area (Å²) in [6, 6.07) is 9.10. The number of nitrogens with zero attached hydrogens (tertiary/aromatic N) is 1. The SMILES string of the molecule is Cc1c(Cl)cccc1NC(=O)c1sc2cccnc2c1N. The number of hydrogen-bond acceptors (Lipinski definition) is 4. The number of thiophene rings is 1. The second-order valence-electron chi connectivity index (χ2n) is 4.56. The summed E-state index contributed by atoms with van der Waals surface area (Å²) >= 11 is 7.38. The first kappa shape index (κ1) is 13.9. The van der Waals surface area contributed by atoms with Crippen LogP contribution in [0.2, 0.25) is 5.02 Å². The maximum Gasteiger partial charge on any atom is 0.267 e. The van der Waals surface area contributed by atoms with Gasteiger partial charge in [0.1, 0.15) is 10.4 Å². The number of benzene rings is 1. The Morgan fingerprint density at radius 3 is 2.90 bits per heavy atom. The topological polar surface area (TPSA) is 68.0 Å². The van der Waals surface area contributed by atoms with E-state index in [1.165, 1.54) is 11.3 Å². The van der Waals surface area contributed by atoms with Gasteiger partial charge in [0.15, 0.2) is 0 Å². The summed E-state index contributed by atoms with van der Waals surface area (Å²) in [4.78, 5) is 17.1. The van der Waals surface area contributed by atoms with Gasteiger partial charge in [0.05, 0.1) is 10.4 Å². The van der Waals surface area contributed by atoms with Crippen LogP contribution in [0.15, 0.2) is 36.5 Å². The number of carbonyl (C=O) groups is 1. The largest absolute Gasteiger partial charge is 0.396 e. The Bertz CT molecular complexity index is 844. The molecule has 0 unspecified atom stereocenters. The number of pyridine rings is 1. The van der Waals surface area contributed by atoms with Crippen molar-refractivity contribution in [1.29, 1.82) is 0 Å². The zero-order valence-electron chi connectivity index (χ0n) is 11.2. The molecule has 0 saturated carbocycles. The van der Waals surface area contributed by atoms with Crippen LogP contribution in [0.4, 0.5) is 11.4 Å². The average Bonchev–Trinajstić information content (AvgIpc) is 2.82. The number of nitrogens with two attached hydrogens (primary N) is 1. The standard InChI is InChI=1S/C15H12ClN3OS/c1-8-9(16)4-2-5-10(8)19-15(20)14-12(17)13-11(21-14)6-3-7-18-13/h2-7H,17H2,1H3,(H,19,20). The van der Waals surface area contributed by atoms with Crippen molar-refractivity contribution in [2.45, 2.75) is 6.92 Å². The van der Waals surface area contributed by atoms with Crippen molar-refractivity contribution in [3.05, 3.63) is 52.0 Å². The zero-order valence-corrected chi connectivity index (χ0v) is 12.8. The maximum atomic E-state index is 12.4. The number of carbonyl (C=O) groups excluding carboxylic acids is 1. The van der Waals surface area contributed by atoms with E-state index in [-0.39, 0.29) is 5.91 Å². The molecule has 0 atom stereocenters. The molecule has 21 heavy (non-hydrogen) atoms. The number of anilines is 2. The number of nitrogens with one attached hydrogen (secondary N) is 1. The highest BCUT2D eigenvalue weighted by Gasteiger charge is 2.18. The minimum absolute atomic E-state index is 0.249. The Morgan fingerprint density at radius 1 is 1.33 bits per heavy atom. The summed E-state index contributed by atoms with van der Waals surface area (Å²) in [6.07, 6.45) is 1.66. The third-order valence-corrected chi connectivity index (χ3v) is 4.77. The zero-order chi connectivity index (χ0) is 15.0. The lowest BCUT2D eigenvalue weighted by molar-refractivity contribution is 0.103. The molecule has 6 heteroatoms. The minimum atomic E-state index is -0.249. The summed E-state index contributed by atoms with van der Waals surface area (Å²) in [7, 11) is 0. The molecule has 0 spiro atoms. The minimum Gasteiger partial charge on any atom is -0.396 e. The summed E-state index contributed by atoms with van der Waals surface area (Å²) in [5, 5.41) is 3.46. The van der Waals surface area contributed by atoms with Crippen molar-refractivity contribution in [2.75, 3.05) is 11.1 Å². The molecule has 4 nitrogen and oxygen atoms in total. The van der Waals surface area contributed by atoms with Crippen molar-refractivity contribution < 1.29 is 4.79 Å². The summed E-state index contributed by atoms with van der Waals surface area (Å²) in [5.74, 6) is -0.249. The molecule has 0 aliphatic rings.